The van der Waals surface area contributed by atoms with E-state index in [0.717, 1.165) is 17.9 Å². The van der Waals surface area contributed by atoms with E-state index < -0.39 is 0 Å². The minimum Gasteiger partial charge on any atom is -0.396 e. The highest BCUT2D eigenvalue weighted by molar-refractivity contribution is 5.61. The monoisotopic (exact) mass is 227 g/mol. The van der Waals surface area contributed by atoms with Gasteiger partial charge < -0.3 is 11.1 Å². The van der Waals surface area contributed by atoms with Crippen molar-refractivity contribution in [2.45, 2.75) is 20.4 Å². The smallest absolute Gasteiger partial charge is 0.149 e. The summed E-state index contributed by atoms with van der Waals surface area (Å²) in [4.78, 5) is 4.27. The molecule has 0 amide bonds. The highest BCUT2D eigenvalue weighted by atomic mass is 15.0. The van der Waals surface area contributed by atoms with Crippen LogP contribution in [0.25, 0.3) is 0 Å². The van der Waals surface area contributed by atoms with Gasteiger partial charge in [-0.25, -0.2) is 4.98 Å². The number of pyridine rings is 1. The van der Waals surface area contributed by atoms with Crippen molar-refractivity contribution in [1.82, 2.24) is 4.98 Å². The number of hydrogen-bond acceptors (Lipinski definition) is 3. The molecule has 0 fully saturated rings. The van der Waals surface area contributed by atoms with Crippen LogP contribution < -0.4 is 11.1 Å². The molecule has 0 saturated heterocycles. The van der Waals surface area contributed by atoms with Gasteiger partial charge in [0, 0.05) is 12.7 Å². The Kier molecular flexibility index (Phi) is 3.28. The predicted molar refractivity (Wildman–Crippen MR) is 71.9 cm³/mol. The van der Waals surface area contributed by atoms with Crippen LogP contribution in [0.5, 0.6) is 0 Å². The number of hydrogen-bond donors (Lipinski definition) is 2. The van der Waals surface area contributed by atoms with Crippen LogP contribution in [0.2, 0.25) is 0 Å². The van der Waals surface area contributed by atoms with E-state index in [4.69, 9.17) is 5.73 Å². The summed E-state index contributed by atoms with van der Waals surface area (Å²) in [5, 5.41) is 3.24. The maximum absolute atomic E-state index is 5.88. The maximum atomic E-state index is 5.88. The second-order valence-electron chi connectivity index (χ2n) is 4.29. The largest absolute Gasteiger partial charge is 0.396 e. The van der Waals surface area contributed by atoms with E-state index >= 15 is 0 Å². The third-order valence-electron chi connectivity index (χ3n) is 2.63. The summed E-state index contributed by atoms with van der Waals surface area (Å²) in [6.45, 7) is 4.80. The zero-order valence-electron chi connectivity index (χ0n) is 10.2. The highest BCUT2D eigenvalue weighted by Crippen LogP contribution is 2.16. The van der Waals surface area contributed by atoms with Crippen LogP contribution >= 0.6 is 0 Å². The van der Waals surface area contributed by atoms with Gasteiger partial charge in [0.05, 0.1) is 5.69 Å². The van der Waals surface area contributed by atoms with Gasteiger partial charge in [-0.15, -0.1) is 0 Å². The summed E-state index contributed by atoms with van der Waals surface area (Å²) >= 11 is 0. The van der Waals surface area contributed by atoms with E-state index in [0.29, 0.717) is 5.69 Å². The molecule has 0 aliphatic heterocycles. The molecule has 3 heteroatoms. The summed E-state index contributed by atoms with van der Waals surface area (Å²) in [5.41, 5.74) is 10.1. The fourth-order valence-corrected chi connectivity index (χ4v) is 1.63. The van der Waals surface area contributed by atoms with Gasteiger partial charge in [-0.3, -0.25) is 0 Å². The lowest BCUT2D eigenvalue weighted by molar-refractivity contribution is 1.10. The van der Waals surface area contributed by atoms with Gasteiger partial charge >= 0.3 is 0 Å². The van der Waals surface area contributed by atoms with Crippen LogP contribution in [0.15, 0.2) is 36.5 Å². The van der Waals surface area contributed by atoms with Crippen molar-refractivity contribution in [3.05, 3.63) is 53.2 Å². The molecule has 2 aromatic rings. The Morgan fingerprint density at radius 3 is 2.47 bits per heavy atom. The number of aryl methyl sites for hydroxylation is 2. The van der Waals surface area contributed by atoms with E-state index in [9.17, 15) is 0 Å². The maximum Gasteiger partial charge on any atom is 0.149 e. The van der Waals surface area contributed by atoms with E-state index in [1.54, 1.807) is 0 Å². The first-order chi connectivity index (χ1) is 8.15. The Balaban J connectivity index is 2.04. The molecule has 88 valence electrons. The molecule has 0 radical (unpaired) electrons. The molecule has 2 rings (SSSR count). The van der Waals surface area contributed by atoms with Gasteiger partial charge in [-0.05, 0) is 31.0 Å². The van der Waals surface area contributed by atoms with Gasteiger partial charge in [-0.1, -0.05) is 29.8 Å². The second kappa shape index (κ2) is 4.87. The standard InChI is InChI=1S/C14H17N3/c1-10-3-5-12(6-4-10)9-17-14-13(15)7-11(2)8-16-14/h3-8H,9,15H2,1-2H3,(H,16,17). The quantitative estimate of drug-likeness (QED) is 0.847. The van der Waals surface area contributed by atoms with Crippen molar-refractivity contribution in [3.8, 4) is 0 Å². The lowest BCUT2D eigenvalue weighted by Crippen LogP contribution is -2.04. The van der Waals surface area contributed by atoms with Gasteiger partial charge in [0.1, 0.15) is 5.82 Å². The molecule has 0 aliphatic rings. The van der Waals surface area contributed by atoms with E-state index in [-0.39, 0.29) is 0 Å². The van der Waals surface area contributed by atoms with Crippen molar-refractivity contribution in [2.24, 2.45) is 0 Å². The Hall–Kier alpha value is -2.03. The molecular weight excluding hydrogens is 210 g/mol. The molecule has 1 aromatic carbocycles. The lowest BCUT2D eigenvalue weighted by atomic mass is 10.1. The van der Waals surface area contributed by atoms with Gasteiger partial charge in [0.25, 0.3) is 0 Å². The van der Waals surface area contributed by atoms with Crippen LogP contribution in [0.3, 0.4) is 0 Å². The van der Waals surface area contributed by atoms with Gasteiger partial charge in [0.15, 0.2) is 0 Å². The van der Waals surface area contributed by atoms with Crippen LogP contribution in [0.1, 0.15) is 16.7 Å². The van der Waals surface area contributed by atoms with Crippen molar-refractivity contribution >= 4 is 11.5 Å². The number of benzene rings is 1. The predicted octanol–water partition coefficient (Wildman–Crippen LogP) is 2.89. The minimum absolute atomic E-state index is 0.692. The number of nitrogens with zero attached hydrogens (tertiary/aromatic N) is 1. The fraction of sp³-hybridized carbons (Fsp3) is 0.214. The Morgan fingerprint density at radius 1 is 1.12 bits per heavy atom. The average molecular weight is 227 g/mol. The number of anilines is 2. The number of aromatic nitrogens is 1. The fourth-order valence-electron chi connectivity index (χ4n) is 1.63. The summed E-state index contributed by atoms with van der Waals surface area (Å²) in [5.74, 6) is 0.746. The van der Waals surface area contributed by atoms with Crippen molar-refractivity contribution < 1.29 is 0 Å². The van der Waals surface area contributed by atoms with Crippen molar-refractivity contribution in [2.75, 3.05) is 11.1 Å². The minimum atomic E-state index is 0.692. The number of rotatable bonds is 3. The molecular formula is C14H17N3. The molecule has 0 saturated carbocycles. The van der Waals surface area contributed by atoms with Crippen LogP contribution in [-0.2, 0) is 6.54 Å². The first-order valence-electron chi connectivity index (χ1n) is 5.66. The molecule has 0 bridgehead atoms. The molecule has 0 unspecified atom stereocenters. The molecule has 3 N–H and O–H groups in total. The van der Waals surface area contributed by atoms with Crippen molar-refractivity contribution in [3.63, 3.8) is 0 Å². The van der Waals surface area contributed by atoms with Crippen molar-refractivity contribution in [1.29, 1.82) is 0 Å². The third kappa shape index (κ3) is 2.97. The Bertz CT molecular complexity index is 503. The van der Waals surface area contributed by atoms with E-state index in [1.807, 2.05) is 19.2 Å². The summed E-state index contributed by atoms with van der Waals surface area (Å²) in [7, 11) is 0. The number of nitrogen functional groups attached to an aromatic ring is 1. The summed E-state index contributed by atoms with van der Waals surface area (Å²) in [6.07, 6.45) is 1.81. The molecule has 1 aromatic heterocycles. The Labute approximate surface area is 102 Å². The zero-order valence-corrected chi connectivity index (χ0v) is 10.2. The zero-order chi connectivity index (χ0) is 12.3. The molecule has 0 spiro atoms. The van der Waals surface area contributed by atoms with E-state index in [1.165, 1.54) is 11.1 Å². The lowest BCUT2D eigenvalue weighted by Gasteiger charge is -2.09. The van der Waals surface area contributed by atoms with Gasteiger partial charge in [0.2, 0.25) is 0 Å². The highest BCUT2D eigenvalue weighted by Gasteiger charge is 2.00. The summed E-state index contributed by atoms with van der Waals surface area (Å²) < 4.78 is 0. The number of nitrogens with one attached hydrogen (secondary N) is 1. The van der Waals surface area contributed by atoms with Crippen LogP contribution in [-0.4, -0.2) is 4.98 Å². The second-order valence-corrected chi connectivity index (χ2v) is 4.29. The third-order valence-corrected chi connectivity index (χ3v) is 2.63. The van der Waals surface area contributed by atoms with Crippen LogP contribution in [0, 0.1) is 13.8 Å². The molecule has 3 nitrogen and oxygen atoms in total. The first kappa shape index (κ1) is 11.5. The SMILES string of the molecule is Cc1ccc(CNc2ncc(C)cc2N)cc1. The molecule has 1 heterocycles. The first-order valence-corrected chi connectivity index (χ1v) is 5.66. The molecule has 0 aliphatic carbocycles. The van der Waals surface area contributed by atoms with Crippen LogP contribution in [0.4, 0.5) is 11.5 Å². The normalized spacial score (nSPS) is 10.2. The van der Waals surface area contributed by atoms with Gasteiger partial charge in [-0.2, -0.15) is 0 Å². The Morgan fingerprint density at radius 2 is 1.82 bits per heavy atom. The number of nitrogens with two attached hydrogens (primary N) is 1. The average Bonchev–Trinajstić information content (AvgIpc) is 2.30. The summed E-state index contributed by atoms with van der Waals surface area (Å²) in [6, 6.07) is 10.3. The molecule has 0 atom stereocenters. The topological polar surface area (TPSA) is 50.9 Å². The van der Waals surface area contributed by atoms with E-state index in [2.05, 4.69) is 41.5 Å². The molecule has 17 heavy (non-hydrogen) atoms.